The van der Waals surface area contributed by atoms with Crippen LogP contribution in [0.5, 0.6) is 0 Å². The van der Waals surface area contributed by atoms with Gasteiger partial charge in [0.2, 0.25) is 5.92 Å². The summed E-state index contributed by atoms with van der Waals surface area (Å²) < 4.78 is 26.5. The van der Waals surface area contributed by atoms with E-state index in [1.165, 1.54) is 0 Å². The third kappa shape index (κ3) is 2.05. The predicted octanol–water partition coefficient (Wildman–Crippen LogP) is 3.45. The van der Waals surface area contributed by atoms with E-state index in [-0.39, 0.29) is 24.7 Å². The van der Waals surface area contributed by atoms with Gasteiger partial charge in [0.1, 0.15) is 0 Å². The summed E-state index contributed by atoms with van der Waals surface area (Å²) in [5.74, 6) is -2.60. The molecule has 1 heterocycles. The van der Waals surface area contributed by atoms with Crippen LogP contribution in [-0.4, -0.2) is 23.3 Å². The monoisotopic (exact) mass is 315 g/mol. The molecule has 18 heavy (non-hydrogen) atoms. The van der Waals surface area contributed by atoms with E-state index in [4.69, 9.17) is 0 Å². The number of benzene rings is 1. The summed E-state index contributed by atoms with van der Waals surface area (Å²) in [6.07, 6.45) is -0.173. The Morgan fingerprint density at radius 2 is 2.11 bits per heavy atom. The molecule has 1 fully saturated rings. The van der Waals surface area contributed by atoms with Gasteiger partial charge in [0.15, 0.2) is 0 Å². The topological polar surface area (TPSA) is 20.3 Å². The van der Waals surface area contributed by atoms with E-state index in [9.17, 15) is 13.6 Å². The molecule has 1 aromatic carbocycles. The number of amides is 1. The molecule has 0 saturated heterocycles. The Hall–Kier alpha value is -0.970. The maximum atomic E-state index is 12.8. The number of carbonyl (C=O) groups excluding carboxylic acids is 1. The first-order valence-electron chi connectivity index (χ1n) is 5.90. The zero-order valence-electron chi connectivity index (χ0n) is 9.63. The number of alkyl halides is 2. The molecule has 1 amide bonds. The van der Waals surface area contributed by atoms with Crippen LogP contribution >= 0.6 is 15.9 Å². The lowest BCUT2D eigenvalue weighted by molar-refractivity contribution is -0.114. The van der Waals surface area contributed by atoms with Gasteiger partial charge < -0.3 is 4.90 Å². The molecule has 0 aromatic heterocycles. The van der Waals surface area contributed by atoms with E-state index in [2.05, 4.69) is 15.9 Å². The SMILES string of the molecule is O=C1c2ccc(Br)cc2CN1CC1CC(F)(F)C1. The van der Waals surface area contributed by atoms with Crippen LogP contribution in [0.3, 0.4) is 0 Å². The van der Waals surface area contributed by atoms with Crippen LogP contribution in [-0.2, 0) is 6.54 Å². The number of hydrogen-bond acceptors (Lipinski definition) is 1. The van der Waals surface area contributed by atoms with Gasteiger partial charge in [-0.15, -0.1) is 0 Å². The molecule has 2 aliphatic rings. The second-order valence-corrected chi connectivity index (χ2v) is 6.03. The van der Waals surface area contributed by atoms with Gasteiger partial charge >= 0.3 is 0 Å². The van der Waals surface area contributed by atoms with Crippen molar-refractivity contribution in [1.82, 2.24) is 4.90 Å². The second kappa shape index (κ2) is 4.02. The van der Waals surface area contributed by atoms with Crippen molar-refractivity contribution in [1.29, 1.82) is 0 Å². The highest BCUT2D eigenvalue weighted by molar-refractivity contribution is 9.10. The van der Waals surface area contributed by atoms with Gasteiger partial charge in [0, 0.05) is 36.0 Å². The summed E-state index contributed by atoms with van der Waals surface area (Å²) in [6, 6.07) is 5.54. The van der Waals surface area contributed by atoms with Crippen molar-refractivity contribution in [3.63, 3.8) is 0 Å². The Morgan fingerprint density at radius 3 is 2.78 bits per heavy atom. The molecule has 0 bridgehead atoms. The fourth-order valence-corrected chi connectivity index (χ4v) is 3.13. The highest BCUT2D eigenvalue weighted by Crippen LogP contribution is 2.43. The molecule has 3 rings (SSSR count). The van der Waals surface area contributed by atoms with Gasteiger partial charge in [-0.1, -0.05) is 15.9 Å². The lowest BCUT2D eigenvalue weighted by Gasteiger charge is -2.37. The lowest BCUT2D eigenvalue weighted by atomic mass is 9.81. The van der Waals surface area contributed by atoms with E-state index in [1.54, 1.807) is 11.0 Å². The van der Waals surface area contributed by atoms with E-state index in [0.29, 0.717) is 18.7 Å². The smallest absolute Gasteiger partial charge is 0.254 e. The Bertz CT molecular complexity index is 510. The van der Waals surface area contributed by atoms with Gasteiger partial charge in [-0.2, -0.15) is 0 Å². The first kappa shape index (κ1) is 12.1. The molecule has 0 atom stereocenters. The van der Waals surface area contributed by atoms with Crippen molar-refractivity contribution in [2.45, 2.75) is 25.3 Å². The molecule has 1 aromatic rings. The summed E-state index contributed by atoms with van der Waals surface area (Å²) >= 11 is 3.37. The Balaban J connectivity index is 1.69. The molecule has 1 saturated carbocycles. The molecule has 1 aliphatic carbocycles. The minimum absolute atomic E-state index is 0.0345. The third-order valence-corrected chi connectivity index (χ3v) is 4.09. The van der Waals surface area contributed by atoms with Gasteiger partial charge in [-0.05, 0) is 29.7 Å². The lowest BCUT2D eigenvalue weighted by Crippen LogP contribution is -2.42. The van der Waals surface area contributed by atoms with Crippen LogP contribution < -0.4 is 0 Å². The maximum Gasteiger partial charge on any atom is 0.254 e. The molecule has 0 radical (unpaired) electrons. The Morgan fingerprint density at radius 1 is 1.39 bits per heavy atom. The Labute approximate surface area is 112 Å². The summed E-state index contributed by atoms with van der Waals surface area (Å²) in [5.41, 5.74) is 1.67. The third-order valence-electron chi connectivity index (χ3n) is 3.60. The highest BCUT2D eigenvalue weighted by Gasteiger charge is 2.46. The molecule has 5 heteroatoms. The first-order chi connectivity index (χ1) is 8.44. The van der Waals surface area contributed by atoms with Crippen molar-refractivity contribution >= 4 is 21.8 Å². The number of halogens is 3. The number of fused-ring (bicyclic) bond motifs is 1. The minimum Gasteiger partial charge on any atom is -0.334 e. The van der Waals surface area contributed by atoms with Gasteiger partial charge in [0.25, 0.3) is 5.91 Å². The fourth-order valence-electron chi connectivity index (χ4n) is 2.72. The van der Waals surface area contributed by atoms with Gasteiger partial charge in [-0.25, -0.2) is 8.78 Å². The molecular formula is C13H12BrF2NO. The average molecular weight is 316 g/mol. The van der Waals surface area contributed by atoms with Crippen LogP contribution in [0.4, 0.5) is 8.78 Å². The summed E-state index contributed by atoms with van der Waals surface area (Å²) in [7, 11) is 0. The van der Waals surface area contributed by atoms with E-state index >= 15 is 0 Å². The molecular weight excluding hydrogens is 304 g/mol. The summed E-state index contributed by atoms with van der Waals surface area (Å²) in [4.78, 5) is 13.7. The van der Waals surface area contributed by atoms with E-state index < -0.39 is 5.92 Å². The second-order valence-electron chi connectivity index (χ2n) is 5.12. The minimum atomic E-state index is -2.51. The molecule has 2 nitrogen and oxygen atoms in total. The molecule has 0 spiro atoms. The van der Waals surface area contributed by atoms with Gasteiger partial charge in [0.05, 0.1) is 0 Å². The standard InChI is InChI=1S/C13H12BrF2NO/c14-10-1-2-11-9(3-10)7-17(12(11)18)6-8-4-13(15,16)5-8/h1-3,8H,4-7H2. The summed E-state index contributed by atoms with van der Waals surface area (Å²) in [5, 5.41) is 0. The van der Waals surface area contributed by atoms with Crippen LogP contribution in [0.1, 0.15) is 28.8 Å². The van der Waals surface area contributed by atoms with Crippen molar-refractivity contribution in [3.8, 4) is 0 Å². The van der Waals surface area contributed by atoms with Crippen LogP contribution in [0.15, 0.2) is 22.7 Å². The summed E-state index contributed by atoms with van der Waals surface area (Å²) in [6.45, 7) is 0.983. The zero-order valence-corrected chi connectivity index (χ0v) is 11.2. The molecule has 0 unspecified atom stereocenters. The van der Waals surface area contributed by atoms with Gasteiger partial charge in [-0.3, -0.25) is 4.79 Å². The van der Waals surface area contributed by atoms with Crippen molar-refractivity contribution in [2.24, 2.45) is 5.92 Å². The number of nitrogens with zero attached hydrogens (tertiary/aromatic N) is 1. The zero-order chi connectivity index (χ0) is 12.9. The van der Waals surface area contributed by atoms with Crippen molar-refractivity contribution < 1.29 is 13.6 Å². The maximum absolute atomic E-state index is 12.8. The van der Waals surface area contributed by atoms with E-state index in [1.807, 2.05) is 12.1 Å². The largest absolute Gasteiger partial charge is 0.334 e. The van der Waals surface area contributed by atoms with Crippen LogP contribution in [0.25, 0.3) is 0 Å². The highest BCUT2D eigenvalue weighted by atomic mass is 79.9. The van der Waals surface area contributed by atoms with Crippen molar-refractivity contribution in [3.05, 3.63) is 33.8 Å². The first-order valence-corrected chi connectivity index (χ1v) is 6.69. The normalized spacial score (nSPS) is 21.9. The fraction of sp³-hybridized carbons (Fsp3) is 0.462. The van der Waals surface area contributed by atoms with Crippen LogP contribution in [0, 0.1) is 5.92 Å². The molecule has 1 aliphatic heterocycles. The van der Waals surface area contributed by atoms with E-state index in [0.717, 1.165) is 10.0 Å². The van der Waals surface area contributed by atoms with Crippen molar-refractivity contribution in [2.75, 3.05) is 6.54 Å². The average Bonchev–Trinajstić information content (AvgIpc) is 2.53. The molecule has 0 N–H and O–H groups in total. The quantitative estimate of drug-likeness (QED) is 0.818. The predicted molar refractivity (Wildman–Crippen MR) is 66.6 cm³/mol. The number of carbonyl (C=O) groups is 1. The van der Waals surface area contributed by atoms with Crippen LogP contribution in [0.2, 0.25) is 0 Å². The molecule has 96 valence electrons. The number of rotatable bonds is 2. The Kier molecular flexibility index (Phi) is 2.70. The number of hydrogen-bond donors (Lipinski definition) is 0.